The van der Waals surface area contributed by atoms with Gasteiger partial charge in [-0.05, 0) is 26.0 Å². The SMILES string of the molecule is CC(C)(C#N)NS(=O)(=O)c1ccc(F)cc1F. The molecule has 0 aliphatic heterocycles. The average molecular weight is 260 g/mol. The summed E-state index contributed by atoms with van der Waals surface area (Å²) < 4.78 is 51.4. The van der Waals surface area contributed by atoms with Crippen molar-refractivity contribution in [2.45, 2.75) is 24.3 Å². The van der Waals surface area contributed by atoms with E-state index >= 15 is 0 Å². The third kappa shape index (κ3) is 3.22. The van der Waals surface area contributed by atoms with Gasteiger partial charge in [-0.25, -0.2) is 17.2 Å². The predicted molar refractivity (Wildman–Crippen MR) is 56.4 cm³/mol. The maximum absolute atomic E-state index is 13.3. The highest BCUT2D eigenvalue weighted by molar-refractivity contribution is 7.89. The standard InChI is InChI=1S/C10H10F2N2O2S/c1-10(2,6-13)14-17(15,16)9-4-3-7(11)5-8(9)12/h3-5,14H,1-2H3. The van der Waals surface area contributed by atoms with Gasteiger partial charge in [0.15, 0.2) is 0 Å². The summed E-state index contributed by atoms with van der Waals surface area (Å²) in [6, 6.07) is 3.81. The number of benzene rings is 1. The Morgan fingerprint density at radius 2 is 1.94 bits per heavy atom. The molecule has 0 saturated heterocycles. The Balaban J connectivity index is 3.20. The van der Waals surface area contributed by atoms with E-state index in [9.17, 15) is 17.2 Å². The molecule has 0 saturated carbocycles. The van der Waals surface area contributed by atoms with Crippen LogP contribution in [0.5, 0.6) is 0 Å². The molecule has 0 aliphatic carbocycles. The van der Waals surface area contributed by atoms with Crippen LogP contribution in [0.3, 0.4) is 0 Å². The van der Waals surface area contributed by atoms with Gasteiger partial charge in [0, 0.05) is 6.07 Å². The van der Waals surface area contributed by atoms with Crippen molar-refractivity contribution in [3.8, 4) is 6.07 Å². The Labute approximate surface area is 97.9 Å². The molecule has 0 bridgehead atoms. The zero-order valence-electron chi connectivity index (χ0n) is 9.16. The van der Waals surface area contributed by atoms with E-state index in [1.807, 2.05) is 4.72 Å². The fraction of sp³-hybridized carbons (Fsp3) is 0.300. The zero-order valence-corrected chi connectivity index (χ0v) is 9.98. The van der Waals surface area contributed by atoms with E-state index in [4.69, 9.17) is 5.26 Å². The highest BCUT2D eigenvalue weighted by atomic mass is 32.2. The van der Waals surface area contributed by atoms with Crippen molar-refractivity contribution < 1.29 is 17.2 Å². The van der Waals surface area contributed by atoms with Crippen molar-refractivity contribution in [2.75, 3.05) is 0 Å². The van der Waals surface area contributed by atoms with Crippen LogP contribution < -0.4 is 4.72 Å². The van der Waals surface area contributed by atoms with Gasteiger partial charge in [-0.1, -0.05) is 0 Å². The van der Waals surface area contributed by atoms with Gasteiger partial charge < -0.3 is 0 Å². The molecule has 1 aromatic carbocycles. The molecule has 1 rings (SSSR count). The van der Waals surface area contributed by atoms with E-state index in [2.05, 4.69) is 0 Å². The lowest BCUT2D eigenvalue weighted by atomic mass is 10.1. The van der Waals surface area contributed by atoms with Crippen molar-refractivity contribution in [2.24, 2.45) is 0 Å². The van der Waals surface area contributed by atoms with Gasteiger partial charge >= 0.3 is 0 Å². The third-order valence-electron chi connectivity index (χ3n) is 1.85. The number of rotatable bonds is 3. The van der Waals surface area contributed by atoms with Crippen LogP contribution in [-0.4, -0.2) is 14.0 Å². The smallest absolute Gasteiger partial charge is 0.207 e. The number of nitrogens with one attached hydrogen (secondary N) is 1. The summed E-state index contributed by atoms with van der Waals surface area (Å²) in [6.45, 7) is 2.65. The number of hydrogen-bond donors (Lipinski definition) is 1. The topological polar surface area (TPSA) is 70.0 Å². The quantitative estimate of drug-likeness (QED) is 0.896. The molecule has 92 valence electrons. The number of sulfonamides is 1. The summed E-state index contributed by atoms with van der Waals surface area (Å²) >= 11 is 0. The van der Waals surface area contributed by atoms with Crippen molar-refractivity contribution in [1.29, 1.82) is 5.26 Å². The Hall–Kier alpha value is -1.52. The van der Waals surface area contributed by atoms with E-state index in [1.54, 1.807) is 6.07 Å². The number of nitriles is 1. The molecule has 0 heterocycles. The second-order valence-electron chi connectivity index (χ2n) is 3.92. The van der Waals surface area contributed by atoms with Gasteiger partial charge in [-0.3, -0.25) is 0 Å². The Kier molecular flexibility index (Phi) is 3.50. The molecule has 0 spiro atoms. The van der Waals surface area contributed by atoms with E-state index in [0.29, 0.717) is 6.07 Å². The van der Waals surface area contributed by atoms with Crippen LogP contribution in [-0.2, 0) is 10.0 Å². The minimum absolute atomic E-state index is 0.466. The minimum Gasteiger partial charge on any atom is -0.207 e. The summed E-state index contributed by atoms with van der Waals surface area (Å²) in [7, 11) is -4.19. The average Bonchev–Trinajstić information content (AvgIpc) is 2.15. The number of nitrogens with zero attached hydrogens (tertiary/aromatic N) is 1. The van der Waals surface area contributed by atoms with Gasteiger partial charge in [0.1, 0.15) is 22.1 Å². The first-order chi connectivity index (χ1) is 7.68. The largest absolute Gasteiger partial charge is 0.244 e. The lowest BCUT2D eigenvalue weighted by Gasteiger charge is -2.17. The van der Waals surface area contributed by atoms with Crippen molar-refractivity contribution in [3.05, 3.63) is 29.8 Å². The summed E-state index contributed by atoms with van der Waals surface area (Å²) in [5.41, 5.74) is -1.38. The predicted octanol–water partition coefficient (Wildman–Crippen LogP) is 1.55. The molecule has 1 aromatic rings. The van der Waals surface area contributed by atoms with Crippen LogP contribution in [0.1, 0.15) is 13.8 Å². The Morgan fingerprint density at radius 3 is 2.41 bits per heavy atom. The third-order valence-corrected chi connectivity index (χ3v) is 3.54. The highest BCUT2D eigenvalue weighted by Crippen LogP contribution is 2.17. The first kappa shape index (κ1) is 13.5. The molecule has 0 radical (unpaired) electrons. The van der Waals surface area contributed by atoms with Crippen molar-refractivity contribution >= 4 is 10.0 Å². The molecule has 1 N–H and O–H groups in total. The molecule has 17 heavy (non-hydrogen) atoms. The number of hydrogen-bond acceptors (Lipinski definition) is 3. The lowest BCUT2D eigenvalue weighted by Crippen LogP contribution is -2.42. The maximum atomic E-state index is 13.3. The van der Waals surface area contributed by atoms with Crippen molar-refractivity contribution in [1.82, 2.24) is 4.72 Å². The summed E-state index contributed by atoms with van der Waals surface area (Å²) in [4.78, 5) is -0.692. The molecule has 0 amide bonds. The first-order valence-corrected chi connectivity index (χ1v) is 6.06. The molecule has 0 aromatic heterocycles. The molecular formula is C10H10F2N2O2S. The zero-order chi connectivity index (χ0) is 13.3. The van der Waals surface area contributed by atoms with Crippen LogP contribution in [0.2, 0.25) is 0 Å². The van der Waals surface area contributed by atoms with Crippen molar-refractivity contribution in [3.63, 3.8) is 0 Å². The van der Waals surface area contributed by atoms with Gasteiger partial charge in [-0.15, -0.1) is 0 Å². The molecule has 0 atom stereocenters. The number of halogens is 2. The van der Waals surface area contributed by atoms with Gasteiger partial charge in [0.2, 0.25) is 10.0 Å². The summed E-state index contributed by atoms with van der Waals surface area (Å²) in [5.74, 6) is -2.08. The molecule has 0 aliphatic rings. The maximum Gasteiger partial charge on any atom is 0.244 e. The molecular weight excluding hydrogens is 250 g/mol. The lowest BCUT2D eigenvalue weighted by molar-refractivity contribution is 0.519. The molecule has 7 heteroatoms. The van der Waals surface area contributed by atoms with Crippen LogP contribution >= 0.6 is 0 Å². The van der Waals surface area contributed by atoms with E-state index in [0.717, 1.165) is 12.1 Å². The Bertz CT molecular complexity index is 576. The van der Waals surface area contributed by atoms with E-state index < -0.39 is 32.1 Å². The molecule has 0 fully saturated rings. The molecule has 4 nitrogen and oxygen atoms in total. The van der Waals surface area contributed by atoms with Gasteiger partial charge in [-0.2, -0.15) is 9.98 Å². The van der Waals surface area contributed by atoms with Crippen LogP contribution in [0.4, 0.5) is 8.78 Å². The fourth-order valence-electron chi connectivity index (χ4n) is 1.11. The fourth-order valence-corrected chi connectivity index (χ4v) is 2.50. The summed E-state index contributed by atoms with van der Waals surface area (Å²) in [6.07, 6.45) is 0. The minimum atomic E-state index is -4.19. The first-order valence-electron chi connectivity index (χ1n) is 4.58. The van der Waals surface area contributed by atoms with Crippen LogP contribution in [0.15, 0.2) is 23.1 Å². The van der Waals surface area contributed by atoms with Gasteiger partial charge in [0.05, 0.1) is 6.07 Å². The van der Waals surface area contributed by atoms with E-state index in [-0.39, 0.29) is 0 Å². The van der Waals surface area contributed by atoms with Crippen LogP contribution in [0, 0.1) is 23.0 Å². The second kappa shape index (κ2) is 4.39. The summed E-state index contributed by atoms with van der Waals surface area (Å²) in [5, 5.41) is 8.69. The highest BCUT2D eigenvalue weighted by Gasteiger charge is 2.28. The van der Waals surface area contributed by atoms with Gasteiger partial charge in [0.25, 0.3) is 0 Å². The Morgan fingerprint density at radius 1 is 1.35 bits per heavy atom. The monoisotopic (exact) mass is 260 g/mol. The molecule has 0 unspecified atom stereocenters. The van der Waals surface area contributed by atoms with Crippen LogP contribution in [0.25, 0.3) is 0 Å². The normalized spacial score (nSPS) is 12.2. The van der Waals surface area contributed by atoms with E-state index in [1.165, 1.54) is 13.8 Å². The second-order valence-corrected chi connectivity index (χ2v) is 5.57.